The predicted octanol–water partition coefficient (Wildman–Crippen LogP) is 7.88. The van der Waals surface area contributed by atoms with Crippen molar-refractivity contribution >= 4 is 0 Å². The van der Waals surface area contributed by atoms with Gasteiger partial charge in [0.2, 0.25) is 0 Å². The fourth-order valence-corrected chi connectivity index (χ4v) is 8.98. The van der Waals surface area contributed by atoms with Gasteiger partial charge in [-0.25, -0.2) is 0 Å². The van der Waals surface area contributed by atoms with Crippen molar-refractivity contribution in [2.24, 2.45) is 58.2 Å². The quantitative estimate of drug-likeness (QED) is 0.454. The second kappa shape index (κ2) is 8.24. The van der Waals surface area contributed by atoms with Crippen LogP contribution in [0.4, 0.5) is 0 Å². The number of hydrogen-bond donors (Lipinski definition) is 1. The van der Waals surface area contributed by atoms with Gasteiger partial charge >= 0.3 is 0 Å². The molecule has 1 N–H and O–H groups in total. The van der Waals surface area contributed by atoms with Crippen LogP contribution in [0.25, 0.3) is 0 Å². The summed E-state index contributed by atoms with van der Waals surface area (Å²) in [6.45, 7) is 17.4. The summed E-state index contributed by atoms with van der Waals surface area (Å²) in [5, 5.41) is 10.5. The molecule has 1 nitrogen and oxygen atoms in total. The number of aliphatic hydroxyl groups excluding tert-OH is 1. The minimum Gasteiger partial charge on any atom is -0.393 e. The Morgan fingerprint density at radius 3 is 2.30 bits per heavy atom. The molecule has 0 unspecified atom stereocenters. The van der Waals surface area contributed by atoms with E-state index in [4.69, 9.17) is 0 Å². The van der Waals surface area contributed by atoms with E-state index in [0.29, 0.717) is 22.7 Å². The molecule has 30 heavy (non-hydrogen) atoms. The van der Waals surface area contributed by atoms with Gasteiger partial charge in [0.25, 0.3) is 0 Å². The first-order valence-corrected chi connectivity index (χ1v) is 13.5. The predicted molar refractivity (Wildman–Crippen MR) is 128 cm³/mol. The zero-order chi connectivity index (χ0) is 21.8. The summed E-state index contributed by atoms with van der Waals surface area (Å²) < 4.78 is 0. The smallest absolute Gasteiger partial charge is 0.0568 e. The lowest BCUT2D eigenvalue weighted by molar-refractivity contribution is -0.0774. The Bertz CT molecular complexity index is 649. The molecule has 0 saturated heterocycles. The van der Waals surface area contributed by atoms with Crippen molar-refractivity contribution in [3.8, 4) is 0 Å². The Labute approximate surface area is 187 Å². The highest BCUT2D eigenvalue weighted by Crippen LogP contribution is 2.67. The van der Waals surface area contributed by atoms with Gasteiger partial charge in [0, 0.05) is 0 Å². The van der Waals surface area contributed by atoms with E-state index in [1.807, 2.05) is 5.57 Å². The van der Waals surface area contributed by atoms with E-state index >= 15 is 0 Å². The van der Waals surface area contributed by atoms with Crippen LogP contribution in [-0.2, 0) is 0 Å². The molecule has 0 radical (unpaired) electrons. The molecular weight excluding hydrogens is 364 g/mol. The van der Waals surface area contributed by atoms with E-state index < -0.39 is 0 Å². The zero-order valence-electron chi connectivity index (χ0n) is 21.1. The Hall–Kier alpha value is -0.300. The summed E-state index contributed by atoms with van der Waals surface area (Å²) in [5.74, 6) is 6.25. The first kappa shape index (κ1) is 22.9. The largest absolute Gasteiger partial charge is 0.393 e. The van der Waals surface area contributed by atoms with E-state index in [9.17, 15) is 5.11 Å². The van der Waals surface area contributed by atoms with Crippen molar-refractivity contribution in [1.82, 2.24) is 0 Å². The van der Waals surface area contributed by atoms with Crippen LogP contribution in [-0.4, -0.2) is 11.2 Å². The summed E-state index contributed by atoms with van der Waals surface area (Å²) in [6.07, 6.45) is 14.7. The van der Waals surface area contributed by atoms with Crippen LogP contribution < -0.4 is 0 Å². The van der Waals surface area contributed by atoms with Crippen LogP contribution in [0, 0.1) is 58.2 Å². The molecule has 4 aliphatic rings. The van der Waals surface area contributed by atoms with Gasteiger partial charge in [-0.05, 0) is 103 Å². The van der Waals surface area contributed by atoms with Gasteiger partial charge in [-0.2, -0.15) is 0 Å². The summed E-state index contributed by atoms with van der Waals surface area (Å²) >= 11 is 0. The van der Waals surface area contributed by atoms with Gasteiger partial charge in [0.15, 0.2) is 0 Å². The number of aliphatic hydroxyl groups is 1. The molecule has 0 aliphatic heterocycles. The van der Waals surface area contributed by atoms with Crippen LogP contribution in [0.5, 0.6) is 0 Å². The van der Waals surface area contributed by atoms with E-state index in [0.717, 1.165) is 41.9 Å². The molecule has 3 saturated carbocycles. The third-order valence-electron chi connectivity index (χ3n) is 11.6. The first-order chi connectivity index (χ1) is 14.1. The molecule has 4 rings (SSSR count). The molecule has 0 amide bonds. The lowest BCUT2D eigenvalue weighted by Crippen LogP contribution is -2.52. The maximum absolute atomic E-state index is 10.5. The summed E-state index contributed by atoms with van der Waals surface area (Å²) in [5.41, 5.74) is 2.84. The molecule has 0 spiro atoms. The SMILES string of the molecule is CC(C)[C@H](C)CC[C@@H](C)[C@H]1CC[C@H]2C3=CC[C@H]4[C@H](C)[C@@H](O)CC[C@]4(C)[C@H]3CC[C@]12C. The fraction of sp³-hybridized carbons (Fsp3) is 0.931. The average Bonchev–Trinajstić information content (AvgIpc) is 3.06. The van der Waals surface area contributed by atoms with E-state index in [-0.39, 0.29) is 6.10 Å². The standard InChI is InChI=1S/C29H50O/c1-18(2)19(3)8-9-20(4)23-12-13-25-22-10-11-24-21(5)27(30)15-17-29(24,7)26(22)14-16-28(23,25)6/h10,18-21,23-27,30H,8-9,11-17H2,1-7H3/t19-,20-,21+,23-,24+,25+,26+,27+,28-,29+/m1/s1. The molecule has 0 aromatic rings. The molecule has 172 valence electrons. The van der Waals surface area contributed by atoms with Crippen LogP contribution in [0.3, 0.4) is 0 Å². The highest BCUT2D eigenvalue weighted by Gasteiger charge is 2.59. The minimum absolute atomic E-state index is 0.0724. The second-order valence-electron chi connectivity index (χ2n) is 13.1. The third-order valence-corrected chi connectivity index (χ3v) is 11.6. The maximum atomic E-state index is 10.5. The molecular formula is C29H50O. The van der Waals surface area contributed by atoms with Gasteiger partial charge in [-0.1, -0.05) is 73.0 Å². The van der Waals surface area contributed by atoms with Crippen LogP contribution in [0.1, 0.15) is 106 Å². The Kier molecular flexibility index (Phi) is 6.28. The van der Waals surface area contributed by atoms with E-state index in [1.54, 1.807) is 0 Å². The van der Waals surface area contributed by atoms with Gasteiger partial charge in [-0.15, -0.1) is 0 Å². The summed E-state index contributed by atoms with van der Waals surface area (Å²) in [6, 6.07) is 0. The topological polar surface area (TPSA) is 20.2 Å². The molecule has 1 heteroatoms. The highest BCUT2D eigenvalue weighted by atomic mass is 16.3. The summed E-state index contributed by atoms with van der Waals surface area (Å²) in [7, 11) is 0. The van der Waals surface area contributed by atoms with Gasteiger partial charge in [0.1, 0.15) is 0 Å². The van der Waals surface area contributed by atoms with Crippen molar-refractivity contribution in [2.45, 2.75) is 112 Å². The average molecular weight is 415 g/mol. The highest BCUT2D eigenvalue weighted by molar-refractivity contribution is 5.28. The lowest BCUT2D eigenvalue weighted by Gasteiger charge is -2.59. The fourth-order valence-electron chi connectivity index (χ4n) is 8.98. The van der Waals surface area contributed by atoms with Crippen molar-refractivity contribution < 1.29 is 5.11 Å². The first-order valence-electron chi connectivity index (χ1n) is 13.5. The van der Waals surface area contributed by atoms with Crippen molar-refractivity contribution in [3.05, 3.63) is 11.6 Å². The molecule has 3 fully saturated rings. The van der Waals surface area contributed by atoms with Crippen LogP contribution in [0.2, 0.25) is 0 Å². The monoisotopic (exact) mass is 414 g/mol. The Morgan fingerprint density at radius 1 is 0.933 bits per heavy atom. The van der Waals surface area contributed by atoms with Gasteiger partial charge < -0.3 is 5.11 Å². The Balaban J connectivity index is 1.51. The zero-order valence-corrected chi connectivity index (χ0v) is 21.1. The lowest BCUT2D eigenvalue weighted by atomic mass is 9.46. The van der Waals surface area contributed by atoms with Crippen molar-refractivity contribution in [1.29, 1.82) is 0 Å². The molecule has 0 aromatic heterocycles. The summed E-state index contributed by atoms with van der Waals surface area (Å²) in [4.78, 5) is 0. The minimum atomic E-state index is -0.0724. The molecule has 0 aromatic carbocycles. The van der Waals surface area contributed by atoms with Gasteiger partial charge in [-0.3, -0.25) is 0 Å². The number of rotatable bonds is 5. The molecule has 4 aliphatic carbocycles. The van der Waals surface area contributed by atoms with Crippen molar-refractivity contribution in [3.63, 3.8) is 0 Å². The normalized spacial score (nSPS) is 47.8. The van der Waals surface area contributed by atoms with Crippen LogP contribution >= 0.6 is 0 Å². The molecule has 10 atom stereocenters. The van der Waals surface area contributed by atoms with E-state index in [1.165, 1.54) is 51.4 Å². The maximum Gasteiger partial charge on any atom is 0.0568 e. The van der Waals surface area contributed by atoms with Gasteiger partial charge in [0.05, 0.1) is 6.10 Å². The van der Waals surface area contributed by atoms with Crippen LogP contribution in [0.15, 0.2) is 11.6 Å². The molecule has 0 heterocycles. The number of allylic oxidation sites excluding steroid dienone is 2. The number of hydrogen-bond acceptors (Lipinski definition) is 1. The second-order valence-corrected chi connectivity index (χ2v) is 13.1. The molecule has 0 bridgehead atoms. The van der Waals surface area contributed by atoms with E-state index in [2.05, 4.69) is 54.5 Å². The Morgan fingerprint density at radius 2 is 1.60 bits per heavy atom. The number of fused-ring (bicyclic) bond motifs is 5. The third kappa shape index (κ3) is 3.54. The van der Waals surface area contributed by atoms with Crippen molar-refractivity contribution in [2.75, 3.05) is 0 Å².